The quantitative estimate of drug-likeness (QED) is 0.636. The number of carboxylic acid groups (broad SMARTS) is 1. The molecule has 24 heavy (non-hydrogen) atoms. The first-order valence-corrected chi connectivity index (χ1v) is 8.03. The van der Waals surface area contributed by atoms with Crippen LogP contribution >= 0.6 is 0 Å². The lowest BCUT2D eigenvalue weighted by Gasteiger charge is -2.19. The lowest BCUT2D eigenvalue weighted by Crippen LogP contribution is -2.05. The monoisotopic (exact) mass is 328 g/mol. The molecule has 0 amide bonds. The summed E-state index contributed by atoms with van der Waals surface area (Å²) < 4.78 is 5.07. The fourth-order valence-electron chi connectivity index (χ4n) is 3.70. The zero-order valence-electron chi connectivity index (χ0n) is 13.6. The Morgan fingerprint density at radius 3 is 2.92 bits per heavy atom. The van der Waals surface area contributed by atoms with Gasteiger partial charge in [0.05, 0.1) is 0 Å². The molecule has 1 heterocycles. The maximum atomic E-state index is 12.0. The van der Waals surface area contributed by atoms with Gasteiger partial charge in [0.15, 0.2) is 0 Å². The molecule has 0 spiro atoms. The summed E-state index contributed by atoms with van der Waals surface area (Å²) in [5, 5.41) is 19.5. The van der Waals surface area contributed by atoms with Crippen LogP contribution in [0.5, 0.6) is 5.75 Å². The summed E-state index contributed by atoms with van der Waals surface area (Å²) >= 11 is 0. The van der Waals surface area contributed by atoms with E-state index in [4.69, 9.17) is 9.84 Å². The Morgan fingerprint density at radius 2 is 2.25 bits per heavy atom. The van der Waals surface area contributed by atoms with E-state index in [9.17, 15) is 14.7 Å². The molecule has 1 unspecified atom stereocenters. The highest BCUT2D eigenvalue weighted by Gasteiger charge is 2.33. The number of hydrogen-bond donors (Lipinski definition) is 2. The van der Waals surface area contributed by atoms with Crippen molar-refractivity contribution in [1.82, 2.24) is 0 Å². The highest BCUT2D eigenvalue weighted by atomic mass is 16.5. The van der Waals surface area contributed by atoms with Crippen LogP contribution < -0.4 is 0 Å². The number of phenolic OH excluding ortho intramolecular Hbond substituents is 1. The molecular formula is C19H20O5. The van der Waals surface area contributed by atoms with Crippen LogP contribution in [0.4, 0.5) is 0 Å². The number of ether oxygens (including phenoxy) is 1. The smallest absolute Gasteiger partial charge is 0.342 e. The molecule has 1 atom stereocenters. The van der Waals surface area contributed by atoms with Crippen LogP contribution in [0.3, 0.4) is 0 Å². The van der Waals surface area contributed by atoms with E-state index in [2.05, 4.69) is 6.58 Å². The van der Waals surface area contributed by atoms with Crippen LogP contribution in [0.15, 0.2) is 18.2 Å². The molecular weight excluding hydrogens is 308 g/mol. The number of benzene rings is 1. The largest absolute Gasteiger partial charge is 0.507 e. The number of fused-ring (bicyclic) bond motifs is 1. The van der Waals surface area contributed by atoms with E-state index in [1.807, 2.05) is 13.0 Å². The number of phenols is 1. The van der Waals surface area contributed by atoms with Crippen LogP contribution in [-0.4, -0.2) is 22.2 Å². The van der Waals surface area contributed by atoms with E-state index in [-0.39, 0.29) is 30.3 Å². The summed E-state index contributed by atoms with van der Waals surface area (Å²) in [5.41, 5.74) is 4.52. The Kier molecular flexibility index (Phi) is 4.18. The van der Waals surface area contributed by atoms with Crippen molar-refractivity contribution in [2.45, 2.75) is 45.1 Å². The Labute approximate surface area is 140 Å². The van der Waals surface area contributed by atoms with Crippen molar-refractivity contribution in [3.8, 4) is 5.75 Å². The highest BCUT2D eigenvalue weighted by Crippen LogP contribution is 2.46. The number of aromatic hydroxyl groups is 1. The van der Waals surface area contributed by atoms with Gasteiger partial charge in [0.1, 0.15) is 17.9 Å². The maximum Gasteiger partial charge on any atom is 0.342 e. The SMILES string of the molecule is C=Cc1c(C)c2c(c(O)c1C1C=C(CCC(=O)O)CC1)C(=O)OC2. The van der Waals surface area contributed by atoms with Crippen molar-refractivity contribution in [3.63, 3.8) is 0 Å². The van der Waals surface area contributed by atoms with Gasteiger partial charge in [-0.1, -0.05) is 24.3 Å². The van der Waals surface area contributed by atoms with Gasteiger partial charge in [0.25, 0.3) is 0 Å². The molecule has 5 heteroatoms. The van der Waals surface area contributed by atoms with Crippen molar-refractivity contribution in [2.24, 2.45) is 0 Å². The standard InChI is InChI=1S/C19H20O5/c1-3-13-10(2)14-9-24-19(23)17(14)18(22)16(13)12-6-4-11(8-12)5-7-15(20)21/h3,8,12,22H,1,4-7,9H2,2H3,(H,20,21). The molecule has 0 aromatic heterocycles. The number of carbonyl (C=O) groups excluding carboxylic acids is 1. The molecule has 126 valence electrons. The number of carbonyl (C=O) groups is 2. The average Bonchev–Trinajstić information content (AvgIpc) is 3.15. The number of hydrogen-bond acceptors (Lipinski definition) is 4. The third-order valence-corrected chi connectivity index (χ3v) is 4.94. The van der Waals surface area contributed by atoms with Crippen molar-refractivity contribution >= 4 is 18.0 Å². The van der Waals surface area contributed by atoms with Crippen LogP contribution in [0.2, 0.25) is 0 Å². The van der Waals surface area contributed by atoms with Gasteiger partial charge in [-0.3, -0.25) is 4.79 Å². The third-order valence-electron chi connectivity index (χ3n) is 4.94. The number of aliphatic carboxylic acids is 1. The van der Waals surface area contributed by atoms with Crippen LogP contribution in [-0.2, 0) is 16.1 Å². The normalized spacial score (nSPS) is 19.0. The topological polar surface area (TPSA) is 83.8 Å². The number of esters is 1. The van der Waals surface area contributed by atoms with E-state index >= 15 is 0 Å². The second-order valence-electron chi connectivity index (χ2n) is 6.30. The first-order valence-electron chi connectivity index (χ1n) is 8.03. The van der Waals surface area contributed by atoms with Gasteiger partial charge in [0, 0.05) is 23.5 Å². The molecule has 1 aliphatic carbocycles. The van der Waals surface area contributed by atoms with Crippen molar-refractivity contribution in [2.75, 3.05) is 0 Å². The molecule has 1 aliphatic heterocycles. The Morgan fingerprint density at radius 1 is 1.50 bits per heavy atom. The first kappa shape index (κ1) is 16.3. The van der Waals surface area contributed by atoms with E-state index in [1.165, 1.54) is 0 Å². The van der Waals surface area contributed by atoms with E-state index in [0.717, 1.165) is 35.1 Å². The zero-order valence-corrected chi connectivity index (χ0v) is 13.6. The van der Waals surface area contributed by atoms with Crippen LogP contribution in [0.25, 0.3) is 6.08 Å². The Balaban J connectivity index is 2.04. The van der Waals surface area contributed by atoms with Crippen LogP contribution in [0, 0.1) is 6.92 Å². The minimum atomic E-state index is -0.815. The van der Waals surface area contributed by atoms with Gasteiger partial charge in [-0.2, -0.15) is 0 Å². The molecule has 0 saturated heterocycles. The molecule has 0 radical (unpaired) electrons. The number of rotatable bonds is 5. The number of allylic oxidation sites excluding steroid dienone is 2. The fraction of sp³-hybridized carbons (Fsp3) is 0.368. The van der Waals surface area contributed by atoms with Gasteiger partial charge in [-0.05, 0) is 37.3 Å². The third kappa shape index (κ3) is 2.60. The minimum absolute atomic E-state index is 0.0197. The lowest BCUT2D eigenvalue weighted by atomic mass is 9.85. The number of cyclic esters (lactones) is 1. The van der Waals surface area contributed by atoms with Gasteiger partial charge in [-0.15, -0.1) is 0 Å². The van der Waals surface area contributed by atoms with Crippen molar-refractivity contribution < 1.29 is 24.5 Å². The molecule has 1 aromatic rings. The van der Waals surface area contributed by atoms with E-state index in [1.54, 1.807) is 6.08 Å². The summed E-state index contributed by atoms with van der Waals surface area (Å²) in [5.74, 6) is -1.37. The molecule has 2 N–H and O–H groups in total. The minimum Gasteiger partial charge on any atom is -0.507 e. The van der Waals surface area contributed by atoms with Gasteiger partial charge < -0.3 is 14.9 Å². The van der Waals surface area contributed by atoms with Crippen LogP contribution in [0.1, 0.15) is 64.2 Å². The fourth-order valence-corrected chi connectivity index (χ4v) is 3.70. The van der Waals surface area contributed by atoms with Gasteiger partial charge in [0.2, 0.25) is 0 Å². The molecule has 5 nitrogen and oxygen atoms in total. The summed E-state index contributed by atoms with van der Waals surface area (Å²) in [6, 6.07) is 0. The van der Waals surface area contributed by atoms with E-state index in [0.29, 0.717) is 12.0 Å². The summed E-state index contributed by atoms with van der Waals surface area (Å²) in [6.07, 6.45) is 5.94. The first-order chi connectivity index (χ1) is 11.4. The second-order valence-corrected chi connectivity index (χ2v) is 6.30. The average molecular weight is 328 g/mol. The summed E-state index contributed by atoms with van der Waals surface area (Å²) in [4.78, 5) is 22.7. The molecule has 0 saturated carbocycles. The maximum absolute atomic E-state index is 12.0. The molecule has 0 fully saturated rings. The highest BCUT2D eigenvalue weighted by molar-refractivity contribution is 5.98. The molecule has 1 aromatic carbocycles. The number of carboxylic acids is 1. The second kappa shape index (κ2) is 6.15. The summed E-state index contributed by atoms with van der Waals surface area (Å²) in [6.45, 7) is 5.94. The Hall–Kier alpha value is -2.56. The molecule has 3 rings (SSSR count). The predicted octanol–water partition coefficient (Wildman–Crippen LogP) is 3.68. The predicted molar refractivity (Wildman–Crippen MR) is 89.0 cm³/mol. The van der Waals surface area contributed by atoms with E-state index < -0.39 is 11.9 Å². The Bertz CT molecular complexity index is 773. The van der Waals surface area contributed by atoms with Crippen molar-refractivity contribution in [1.29, 1.82) is 0 Å². The van der Waals surface area contributed by atoms with Gasteiger partial charge in [-0.25, -0.2) is 4.79 Å². The zero-order chi connectivity index (χ0) is 17.4. The van der Waals surface area contributed by atoms with Crippen molar-refractivity contribution in [3.05, 3.63) is 46.0 Å². The molecule has 0 bridgehead atoms. The lowest BCUT2D eigenvalue weighted by molar-refractivity contribution is -0.136. The molecule has 2 aliphatic rings. The van der Waals surface area contributed by atoms with Gasteiger partial charge >= 0.3 is 11.9 Å². The summed E-state index contributed by atoms with van der Waals surface area (Å²) in [7, 11) is 0.